The molecule has 0 aliphatic heterocycles. The van der Waals surface area contributed by atoms with E-state index in [9.17, 15) is 4.79 Å². The molecule has 0 bridgehead atoms. The SMILES string of the molecule is CCCC(C)NC(=O)COc1ccc(Br)cc1CNCC. The number of halogens is 1. The molecule has 1 amide bonds. The highest BCUT2D eigenvalue weighted by atomic mass is 79.9. The van der Waals surface area contributed by atoms with Crippen molar-refractivity contribution in [2.45, 2.75) is 46.2 Å². The van der Waals surface area contributed by atoms with Crippen molar-refractivity contribution in [3.63, 3.8) is 0 Å². The fraction of sp³-hybridized carbons (Fsp3) is 0.562. The van der Waals surface area contributed by atoms with Crippen molar-refractivity contribution in [1.82, 2.24) is 10.6 Å². The van der Waals surface area contributed by atoms with E-state index < -0.39 is 0 Å². The zero-order chi connectivity index (χ0) is 15.7. The van der Waals surface area contributed by atoms with E-state index in [0.29, 0.717) is 0 Å². The molecule has 1 rings (SSSR count). The van der Waals surface area contributed by atoms with Crippen LogP contribution in [0.5, 0.6) is 5.75 Å². The molecule has 118 valence electrons. The predicted molar refractivity (Wildman–Crippen MR) is 89.5 cm³/mol. The first-order chi connectivity index (χ1) is 10.1. The molecular weight excluding hydrogens is 332 g/mol. The van der Waals surface area contributed by atoms with Crippen LogP contribution in [0.4, 0.5) is 0 Å². The van der Waals surface area contributed by atoms with Gasteiger partial charge in [-0.25, -0.2) is 0 Å². The fourth-order valence-electron chi connectivity index (χ4n) is 2.05. The van der Waals surface area contributed by atoms with Crippen molar-refractivity contribution >= 4 is 21.8 Å². The lowest BCUT2D eigenvalue weighted by molar-refractivity contribution is -0.123. The summed E-state index contributed by atoms with van der Waals surface area (Å²) in [6.07, 6.45) is 2.04. The van der Waals surface area contributed by atoms with Crippen LogP contribution >= 0.6 is 15.9 Å². The van der Waals surface area contributed by atoms with Gasteiger partial charge < -0.3 is 15.4 Å². The van der Waals surface area contributed by atoms with Gasteiger partial charge in [-0.05, 0) is 38.1 Å². The Labute approximate surface area is 135 Å². The first-order valence-corrected chi connectivity index (χ1v) is 8.27. The van der Waals surface area contributed by atoms with Crippen LogP contribution in [0.2, 0.25) is 0 Å². The fourth-order valence-corrected chi connectivity index (χ4v) is 2.46. The van der Waals surface area contributed by atoms with Crippen molar-refractivity contribution in [2.24, 2.45) is 0 Å². The van der Waals surface area contributed by atoms with Crippen LogP contribution < -0.4 is 15.4 Å². The van der Waals surface area contributed by atoms with Gasteiger partial charge in [0.15, 0.2) is 6.61 Å². The summed E-state index contributed by atoms with van der Waals surface area (Å²) in [5.74, 6) is 0.672. The molecule has 0 aliphatic rings. The average molecular weight is 357 g/mol. The third kappa shape index (κ3) is 6.96. The molecule has 0 aromatic heterocycles. The Hall–Kier alpha value is -1.07. The Morgan fingerprint density at radius 2 is 2.14 bits per heavy atom. The molecule has 0 heterocycles. The molecule has 2 N–H and O–H groups in total. The molecular formula is C16H25BrN2O2. The Balaban J connectivity index is 2.55. The third-order valence-electron chi connectivity index (χ3n) is 3.08. The van der Waals surface area contributed by atoms with Crippen molar-refractivity contribution < 1.29 is 9.53 Å². The molecule has 1 unspecified atom stereocenters. The summed E-state index contributed by atoms with van der Waals surface area (Å²) < 4.78 is 6.66. The standard InChI is InChI=1S/C16H25BrN2O2/c1-4-6-12(3)19-16(20)11-21-15-8-7-14(17)9-13(15)10-18-5-2/h7-9,12,18H,4-6,10-11H2,1-3H3,(H,19,20). The quantitative estimate of drug-likeness (QED) is 0.713. The number of rotatable bonds is 9. The van der Waals surface area contributed by atoms with E-state index in [2.05, 4.69) is 40.4 Å². The Morgan fingerprint density at radius 1 is 1.38 bits per heavy atom. The van der Waals surface area contributed by atoms with Gasteiger partial charge in [0.25, 0.3) is 5.91 Å². The minimum absolute atomic E-state index is 0.0504. The summed E-state index contributed by atoms with van der Waals surface area (Å²) in [5, 5.41) is 6.20. The second-order valence-corrected chi connectivity index (χ2v) is 5.99. The monoisotopic (exact) mass is 356 g/mol. The average Bonchev–Trinajstić information content (AvgIpc) is 2.44. The van der Waals surface area contributed by atoms with Gasteiger partial charge in [0, 0.05) is 22.6 Å². The smallest absolute Gasteiger partial charge is 0.258 e. The summed E-state index contributed by atoms with van der Waals surface area (Å²) in [6.45, 7) is 7.83. The van der Waals surface area contributed by atoms with Gasteiger partial charge in [-0.3, -0.25) is 4.79 Å². The van der Waals surface area contributed by atoms with Crippen LogP contribution in [0.15, 0.2) is 22.7 Å². The molecule has 0 spiro atoms. The first-order valence-electron chi connectivity index (χ1n) is 7.48. The van der Waals surface area contributed by atoms with Gasteiger partial charge in [0.05, 0.1) is 0 Å². The number of ether oxygens (including phenoxy) is 1. The van der Waals surface area contributed by atoms with Crippen molar-refractivity contribution in [3.05, 3.63) is 28.2 Å². The number of hydrogen-bond acceptors (Lipinski definition) is 3. The van der Waals surface area contributed by atoms with Crippen molar-refractivity contribution in [3.8, 4) is 5.75 Å². The predicted octanol–water partition coefficient (Wildman–Crippen LogP) is 3.24. The molecule has 1 aromatic carbocycles. The number of hydrogen-bond donors (Lipinski definition) is 2. The van der Waals surface area contributed by atoms with Crippen LogP contribution in [0.3, 0.4) is 0 Å². The van der Waals surface area contributed by atoms with Gasteiger partial charge >= 0.3 is 0 Å². The van der Waals surface area contributed by atoms with E-state index in [4.69, 9.17) is 4.74 Å². The molecule has 21 heavy (non-hydrogen) atoms. The zero-order valence-electron chi connectivity index (χ0n) is 13.0. The molecule has 1 aromatic rings. The Bertz CT molecular complexity index is 452. The maximum absolute atomic E-state index is 11.8. The highest BCUT2D eigenvalue weighted by molar-refractivity contribution is 9.10. The summed E-state index contributed by atoms with van der Waals surface area (Å²) in [4.78, 5) is 11.8. The van der Waals surface area contributed by atoms with Gasteiger partial charge in [0.2, 0.25) is 0 Å². The van der Waals surface area contributed by atoms with Crippen LogP contribution in [-0.4, -0.2) is 25.1 Å². The summed E-state index contributed by atoms with van der Waals surface area (Å²) in [5.41, 5.74) is 1.04. The van der Waals surface area contributed by atoms with E-state index in [1.54, 1.807) is 0 Å². The highest BCUT2D eigenvalue weighted by Crippen LogP contribution is 2.23. The lowest BCUT2D eigenvalue weighted by Crippen LogP contribution is -2.36. The van der Waals surface area contributed by atoms with Crippen molar-refractivity contribution in [2.75, 3.05) is 13.2 Å². The van der Waals surface area contributed by atoms with Gasteiger partial charge in [-0.2, -0.15) is 0 Å². The number of nitrogens with one attached hydrogen (secondary N) is 2. The maximum atomic E-state index is 11.8. The van der Waals surface area contributed by atoms with E-state index >= 15 is 0 Å². The minimum atomic E-state index is -0.0757. The summed E-state index contributed by atoms with van der Waals surface area (Å²) in [6, 6.07) is 6.01. The van der Waals surface area contributed by atoms with Crippen LogP contribution in [0.1, 0.15) is 39.2 Å². The summed E-state index contributed by atoms with van der Waals surface area (Å²) >= 11 is 3.46. The largest absolute Gasteiger partial charge is 0.483 e. The van der Waals surface area contributed by atoms with Gasteiger partial charge in [-0.1, -0.05) is 36.2 Å². The number of amides is 1. The highest BCUT2D eigenvalue weighted by Gasteiger charge is 2.09. The molecule has 1 atom stereocenters. The van der Waals surface area contributed by atoms with Crippen LogP contribution in [0, 0.1) is 0 Å². The van der Waals surface area contributed by atoms with E-state index in [0.717, 1.165) is 41.7 Å². The van der Waals surface area contributed by atoms with Gasteiger partial charge in [0.1, 0.15) is 5.75 Å². The second kappa shape index (κ2) is 9.79. The second-order valence-electron chi connectivity index (χ2n) is 5.08. The normalized spacial score (nSPS) is 12.0. The van der Waals surface area contributed by atoms with E-state index in [1.807, 2.05) is 25.1 Å². The lowest BCUT2D eigenvalue weighted by atomic mass is 10.2. The Morgan fingerprint density at radius 3 is 2.81 bits per heavy atom. The molecule has 0 radical (unpaired) electrons. The Kier molecular flexibility index (Phi) is 8.38. The zero-order valence-corrected chi connectivity index (χ0v) is 14.6. The van der Waals surface area contributed by atoms with E-state index in [1.165, 1.54) is 0 Å². The molecule has 0 fully saturated rings. The van der Waals surface area contributed by atoms with Crippen LogP contribution in [0.25, 0.3) is 0 Å². The molecule has 0 aliphatic carbocycles. The van der Waals surface area contributed by atoms with Gasteiger partial charge in [-0.15, -0.1) is 0 Å². The lowest BCUT2D eigenvalue weighted by Gasteiger charge is -2.15. The van der Waals surface area contributed by atoms with Crippen molar-refractivity contribution in [1.29, 1.82) is 0 Å². The minimum Gasteiger partial charge on any atom is -0.483 e. The topological polar surface area (TPSA) is 50.4 Å². The third-order valence-corrected chi connectivity index (χ3v) is 3.57. The maximum Gasteiger partial charge on any atom is 0.258 e. The molecule has 4 nitrogen and oxygen atoms in total. The number of benzene rings is 1. The molecule has 0 saturated heterocycles. The molecule has 0 saturated carbocycles. The van der Waals surface area contributed by atoms with E-state index in [-0.39, 0.29) is 18.6 Å². The first kappa shape index (κ1) is 18.0. The molecule has 5 heteroatoms. The van der Waals surface area contributed by atoms with Crippen LogP contribution in [-0.2, 0) is 11.3 Å². The summed E-state index contributed by atoms with van der Waals surface area (Å²) in [7, 11) is 0. The number of carbonyl (C=O) groups excluding carboxylic acids is 1. The number of carbonyl (C=O) groups is 1.